The number of benzene rings is 2. The summed E-state index contributed by atoms with van der Waals surface area (Å²) >= 11 is 0. The molecule has 4 rings (SSSR count). The van der Waals surface area contributed by atoms with E-state index >= 15 is 0 Å². The molecule has 1 saturated carbocycles. The molecule has 0 atom stereocenters. The number of rotatable bonds is 6. The van der Waals surface area contributed by atoms with Crippen LogP contribution in [-0.4, -0.2) is 37.7 Å². The Balaban J connectivity index is 1.26. The predicted octanol–water partition coefficient (Wildman–Crippen LogP) is 4.96. The highest BCUT2D eigenvalue weighted by Crippen LogP contribution is 2.30. The fourth-order valence-corrected chi connectivity index (χ4v) is 4.36. The lowest BCUT2D eigenvalue weighted by atomic mass is 9.86. The van der Waals surface area contributed by atoms with E-state index in [2.05, 4.69) is 59.2 Å². The zero-order valence-electron chi connectivity index (χ0n) is 19.1. The second kappa shape index (κ2) is 10.2. The number of aromatic nitrogens is 1. The van der Waals surface area contributed by atoms with Gasteiger partial charge in [0.05, 0.1) is 17.1 Å². The van der Waals surface area contributed by atoms with Crippen LogP contribution in [0.15, 0.2) is 54.6 Å². The Bertz CT molecular complexity index is 1140. The van der Waals surface area contributed by atoms with Crippen molar-refractivity contribution in [2.24, 2.45) is 5.92 Å². The molecule has 33 heavy (non-hydrogen) atoms. The topological polar surface area (TPSA) is 93.1 Å². The van der Waals surface area contributed by atoms with Crippen molar-refractivity contribution in [3.8, 4) is 6.07 Å². The van der Waals surface area contributed by atoms with Crippen LogP contribution in [0.4, 0.5) is 22.0 Å². The minimum atomic E-state index is -0.212. The Hall–Kier alpha value is -3.79. The van der Waals surface area contributed by atoms with Crippen LogP contribution >= 0.6 is 0 Å². The lowest BCUT2D eigenvalue weighted by Gasteiger charge is -2.30. The van der Waals surface area contributed by atoms with Crippen LogP contribution < -0.4 is 20.9 Å². The number of para-hydroxylation sites is 1. The number of nitrogens with one attached hydrogen (secondary N) is 3. The number of nitrogens with zero attached hydrogens (tertiary/aromatic N) is 3. The van der Waals surface area contributed by atoms with Gasteiger partial charge >= 0.3 is 6.03 Å². The Morgan fingerprint density at radius 2 is 1.82 bits per heavy atom. The van der Waals surface area contributed by atoms with Gasteiger partial charge in [-0.15, -0.1) is 0 Å². The molecule has 3 aromatic rings. The molecule has 170 valence electrons. The van der Waals surface area contributed by atoms with Crippen molar-refractivity contribution in [1.29, 1.82) is 5.26 Å². The van der Waals surface area contributed by atoms with Gasteiger partial charge in [0.1, 0.15) is 5.82 Å². The molecule has 0 aliphatic heterocycles. The van der Waals surface area contributed by atoms with Crippen molar-refractivity contribution in [2.75, 3.05) is 36.2 Å². The van der Waals surface area contributed by atoms with Crippen molar-refractivity contribution < 1.29 is 4.79 Å². The van der Waals surface area contributed by atoms with E-state index in [-0.39, 0.29) is 6.03 Å². The Labute approximate surface area is 194 Å². The van der Waals surface area contributed by atoms with E-state index in [1.165, 1.54) is 0 Å². The normalized spacial score (nSPS) is 17.7. The summed E-state index contributed by atoms with van der Waals surface area (Å²) in [6.07, 6.45) is 4.22. The molecule has 1 heterocycles. The zero-order valence-corrected chi connectivity index (χ0v) is 19.1. The van der Waals surface area contributed by atoms with Crippen molar-refractivity contribution in [3.05, 3.63) is 60.2 Å². The smallest absolute Gasteiger partial charge is 0.319 e. The van der Waals surface area contributed by atoms with Gasteiger partial charge in [-0.25, -0.2) is 9.78 Å². The quantitative estimate of drug-likeness (QED) is 0.501. The summed E-state index contributed by atoms with van der Waals surface area (Å²) in [4.78, 5) is 19.1. The number of carbonyl (C=O) groups excluding carboxylic acids is 1. The molecular weight excluding hydrogens is 412 g/mol. The van der Waals surface area contributed by atoms with Gasteiger partial charge in [-0.1, -0.05) is 18.2 Å². The van der Waals surface area contributed by atoms with Gasteiger partial charge in [0.2, 0.25) is 0 Å². The maximum Gasteiger partial charge on any atom is 0.319 e. The van der Waals surface area contributed by atoms with Crippen molar-refractivity contribution >= 4 is 34.1 Å². The Morgan fingerprint density at radius 1 is 1.09 bits per heavy atom. The second-order valence-electron chi connectivity index (χ2n) is 8.82. The first-order chi connectivity index (χ1) is 16.0. The molecule has 3 N–H and O–H groups in total. The number of hydrogen-bond acceptors (Lipinski definition) is 5. The third-order valence-electron chi connectivity index (χ3n) is 6.20. The highest BCUT2D eigenvalue weighted by Gasteiger charge is 2.22. The molecule has 2 amide bonds. The number of fused-ring (bicyclic) bond motifs is 1. The molecule has 0 unspecified atom stereocenters. The number of carbonyl (C=O) groups is 1. The minimum Gasteiger partial charge on any atom is -0.377 e. The SMILES string of the molecule is CN(C)c1cc(NC2CCC(CNC(=O)Nc3ccc(C#N)cc3)CC2)nc2ccccc12. The van der Waals surface area contributed by atoms with E-state index in [9.17, 15) is 4.79 Å². The van der Waals surface area contributed by atoms with Crippen LogP contribution in [0.25, 0.3) is 10.9 Å². The molecule has 1 aromatic heterocycles. The Kier molecular flexibility index (Phi) is 6.94. The molecule has 7 nitrogen and oxygen atoms in total. The van der Waals surface area contributed by atoms with E-state index in [1.807, 2.05) is 12.1 Å². The maximum absolute atomic E-state index is 12.2. The van der Waals surface area contributed by atoms with Crippen molar-refractivity contribution in [2.45, 2.75) is 31.7 Å². The summed E-state index contributed by atoms with van der Waals surface area (Å²) in [6.45, 7) is 0.661. The van der Waals surface area contributed by atoms with E-state index in [4.69, 9.17) is 10.2 Å². The Morgan fingerprint density at radius 3 is 2.52 bits per heavy atom. The van der Waals surface area contributed by atoms with Crippen LogP contribution in [0.2, 0.25) is 0 Å². The largest absolute Gasteiger partial charge is 0.377 e. The van der Waals surface area contributed by atoms with Crippen LogP contribution in [0.5, 0.6) is 0 Å². The standard InChI is InChI=1S/C26H30N6O/c1-32(2)24-15-25(31-23-6-4-3-5-22(23)24)29-20-13-9-19(10-14-20)17-28-26(33)30-21-11-7-18(16-27)8-12-21/h3-8,11-12,15,19-20H,9-10,13-14,17H2,1-2H3,(H,29,31)(H2,28,30,33). The predicted molar refractivity (Wildman–Crippen MR) is 134 cm³/mol. The summed E-state index contributed by atoms with van der Waals surface area (Å²) in [7, 11) is 4.11. The molecule has 7 heteroatoms. The number of pyridine rings is 1. The van der Waals surface area contributed by atoms with Gasteiger partial charge in [0.25, 0.3) is 0 Å². The van der Waals surface area contributed by atoms with E-state index in [0.29, 0.717) is 29.8 Å². The number of amides is 2. The summed E-state index contributed by atoms with van der Waals surface area (Å²) in [5, 5.41) is 19.4. The lowest BCUT2D eigenvalue weighted by molar-refractivity contribution is 0.246. The van der Waals surface area contributed by atoms with Crippen LogP contribution in [0, 0.1) is 17.2 Å². The highest BCUT2D eigenvalue weighted by molar-refractivity contribution is 5.93. The fraction of sp³-hybridized carbons (Fsp3) is 0.346. The maximum atomic E-state index is 12.2. The summed E-state index contributed by atoms with van der Waals surface area (Å²) in [5.74, 6) is 1.39. The molecule has 2 aromatic carbocycles. The first kappa shape index (κ1) is 22.4. The zero-order chi connectivity index (χ0) is 23.2. The van der Waals surface area contributed by atoms with Gasteiger partial charge in [0, 0.05) is 49.5 Å². The third kappa shape index (κ3) is 5.72. The summed E-state index contributed by atoms with van der Waals surface area (Å²) in [5.41, 5.74) is 3.41. The molecule has 1 fully saturated rings. The molecular formula is C26H30N6O. The molecule has 0 bridgehead atoms. The minimum absolute atomic E-state index is 0.212. The second-order valence-corrected chi connectivity index (χ2v) is 8.82. The summed E-state index contributed by atoms with van der Waals surface area (Å²) < 4.78 is 0. The highest BCUT2D eigenvalue weighted by atomic mass is 16.2. The van der Waals surface area contributed by atoms with Crippen LogP contribution in [0.1, 0.15) is 31.2 Å². The molecule has 1 aliphatic rings. The van der Waals surface area contributed by atoms with Gasteiger partial charge in [0.15, 0.2) is 0 Å². The van der Waals surface area contributed by atoms with E-state index < -0.39 is 0 Å². The van der Waals surface area contributed by atoms with Gasteiger partial charge < -0.3 is 20.9 Å². The molecule has 0 saturated heterocycles. The van der Waals surface area contributed by atoms with Gasteiger partial charge in [-0.3, -0.25) is 0 Å². The number of nitriles is 1. The monoisotopic (exact) mass is 442 g/mol. The van der Waals surface area contributed by atoms with E-state index in [1.54, 1.807) is 24.3 Å². The average molecular weight is 443 g/mol. The van der Waals surface area contributed by atoms with Crippen LogP contribution in [0.3, 0.4) is 0 Å². The molecule has 0 spiro atoms. The van der Waals surface area contributed by atoms with Crippen molar-refractivity contribution in [3.63, 3.8) is 0 Å². The first-order valence-corrected chi connectivity index (χ1v) is 11.4. The first-order valence-electron chi connectivity index (χ1n) is 11.4. The number of urea groups is 1. The van der Waals surface area contributed by atoms with Crippen LogP contribution in [-0.2, 0) is 0 Å². The van der Waals surface area contributed by atoms with E-state index in [0.717, 1.165) is 48.1 Å². The van der Waals surface area contributed by atoms with Gasteiger partial charge in [-0.2, -0.15) is 5.26 Å². The van der Waals surface area contributed by atoms with Gasteiger partial charge in [-0.05, 0) is 61.9 Å². The molecule has 0 radical (unpaired) electrons. The number of hydrogen-bond donors (Lipinski definition) is 3. The van der Waals surface area contributed by atoms with Crippen molar-refractivity contribution in [1.82, 2.24) is 10.3 Å². The lowest BCUT2D eigenvalue weighted by Crippen LogP contribution is -2.36. The average Bonchev–Trinajstić information content (AvgIpc) is 2.83. The third-order valence-corrected chi connectivity index (χ3v) is 6.20. The number of anilines is 3. The molecule has 1 aliphatic carbocycles. The fourth-order valence-electron chi connectivity index (χ4n) is 4.36. The summed E-state index contributed by atoms with van der Waals surface area (Å²) in [6, 6.07) is 19.5.